The zero-order chi connectivity index (χ0) is 14.4. The average molecular weight is 410 g/mol. The van der Waals surface area contributed by atoms with Gasteiger partial charge in [0.2, 0.25) is 0 Å². The summed E-state index contributed by atoms with van der Waals surface area (Å²) in [5.41, 5.74) is 4.13. The van der Waals surface area contributed by atoms with Crippen molar-refractivity contribution in [1.29, 1.82) is 0 Å². The lowest BCUT2D eigenvalue weighted by atomic mass is 9.74. The van der Waals surface area contributed by atoms with E-state index in [1.165, 1.54) is 16.7 Å². The molecular weight excluding hydrogens is 396 g/mol. The maximum Gasteiger partial charge on any atom is 0.162 e. The van der Waals surface area contributed by atoms with E-state index in [0.717, 1.165) is 22.4 Å². The van der Waals surface area contributed by atoms with Crippen LogP contribution in [0.5, 0.6) is 11.5 Å². The summed E-state index contributed by atoms with van der Waals surface area (Å²) >= 11 is 7.56. The Morgan fingerprint density at radius 3 is 2.52 bits per heavy atom. The minimum atomic E-state index is 0.276. The van der Waals surface area contributed by atoms with Gasteiger partial charge in [0.25, 0.3) is 0 Å². The van der Waals surface area contributed by atoms with Gasteiger partial charge >= 0.3 is 0 Å². The van der Waals surface area contributed by atoms with Crippen molar-refractivity contribution in [3.8, 4) is 11.5 Å². The van der Waals surface area contributed by atoms with Crippen LogP contribution in [0.2, 0.25) is 0 Å². The lowest BCUT2D eigenvalue weighted by molar-refractivity contribution is 0.171. The number of hydrogen-bond donors (Lipinski definition) is 0. The topological polar surface area (TPSA) is 18.5 Å². The number of halogens is 2. The smallest absolute Gasteiger partial charge is 0.162 e. The number of alkyl halides is 1. The Kier molecular flexibility index (Phi) is 3.46. The van der Waals surface area contributed by atoms with E-state index in [2.05, 4.69) is 62.2 Å². The van der Waals surface area contributed by atoms with Crippen molar-refractivity contribution in [2.45, 2.75) is 17.2 Å². The summed E-state index contributed by atoms with van der Waals surface area (Å²) in [6.45, 7) is 1.24. The first-order chi connectivity index (χ1) is 10.2. The van der Waals surface area contributed by atoms with E-state index in [1.54, 1.807) is 0 Å². The Morgan fingerprint density at radius 1 is 1.05 bits per heavy atom. The van der Waals surface area contributed by atoms with Crippen molar-refractivity contribution in [2.75, 3.05) is 13.2 Å². The summed E-state index contributed by atoms with van der Waals surface area (Å²) in [4.78, 5) is 0.276. The number of hydrogen-bond acceptors (Lipinski definition) is 2. The maximum atomic E-state index is 5.70. The predicted molar refractivity (Wildman–Crippen MR) is 89.7 cm³/mol. The molecule has 0 saturated carbocycles. The van der Waals surface area contributed by atoms with Gasteiger partial charge in [-0.05, 0) is 35.2 Å². The third-order valence-corrected chi connectivity index (χ3v) is 6.02. The van der Waals surface area contributed by atoms with Gasteiger partial charge in [-0.15, -0.1) is 0 Å². The first-order valence-corrected chi connectivity index (χ1v) is 8.76. The normalized spacial score (nSPS) is 20.4. The number of fused-ring (bicyclic) bond motifs is 2. The second-order valence-electron chi connectivity index (χ2n) is 5.43. The fourth-order valence-electron chi connectivity index (χ4n) is 3.07. The molecule has 21 heavy (non-hydrogen) atoms. The molecular formula is C17H14Br2O2. The minimum absolute atomic E-state index is 0.276. The first-order valence-electron chi connectivity index (χ1n) is 7.05. The molecule has 1 aliphatic heterocycles. The molecule has 0 spiro atoms. The Bertz CT molecular complexity index is 699. The van der Waals surface area contributed by atoms with E-state index in [9.17, 15) is 0 Å². The average Bonchev–Trinajstić information content (AvgIpc) is 2.47. The molecule has 0 N–H and O–H groups in total. The maximum absolute atomic E-state index is 5.70. The van der Waals surface area contributed by atoms with Crippen molar-refractivity contribution >= 4 is 31.9 Å². The van der Waals surface area contributed by atoms with E-state index in [1.807, 2.05) is 6.07 Å². The highest BCUT2D eigenvalue weighted by Gasteiger charge is 2.33. The predicted octanol–water partition coefficient (Wildman–Crippen LogP) is 5.00. The van der Waals surface area contributed by atoms with Crippen LogP contribution in [0, 0.1) is 0 Å². The number of rotatable bonds is 2. The zero-order valence-corrected chi connectivity index (χ0v) is 14.5. The second kappa shape index (κ2) is 5.33. The fourth-order valence-corrected chi connectivity index (χ4v) is 4.79. The van der Waals surface area contributed by atoms with Gasteiger partial charge in [0.05, 0.1) is 0 Å². The first kappa shape index (κ1) is 13.6. The zero-order valence-electron chi connectivity index (χ0n) is 11.3. The van der Waals surface area contributed by atoms with Crippen LogP contribution in [-0.4, -0.2) is 13.2 Å². The highest BCUT2D eigenvalue weighted by atomic mass is 79.9. The van der Waals surface area contributed by atoms with Crippen LogP contribution in [-0.2, 0) is 6.42 Å². The third-order valence-electron chi connectivity index (χ3n) is 4.21. The molecule has 0 bridgehead atoms. The molecule has 2 nitrogen and oxygen atoms in total. The third kappa shape index (κ3) is 2.29. The molecule has 0 radical (unpaired) electrons. The van der Waals surface area contributed by atoms with Crippen LogP contribution in [0.4, 0.5) is 0 Å². The van der Waals surface area contributed by atoms with Gasteiger partial charge in [0, 0.05) is 15.2 Å². The number of benzene rings is 2. The summed E-state index contributed by atoms with van der Waals surface area (Å²) in [5.74, 6) is 2.18. The molecule has 4 rings (SSSR count). The van der Waals surface area contributed by atoms with E-state index < -0.39 is 0 Å². The molecule has 1 aliphatic carbocycles. The highest BCUT2D eigenvalue weighted by Crippen LogP contribution is 2.51. The van der Waals surface area contributed by atoms with Gasteiger partial charge in [-0.3, -0.25) is 0 Å². The Hall–Kier alpha value is -1.00. The van der Waals surface area contributed by atoms with Gasteiger partial charge in [-0.2, -0.15) is 0 Å². The van der Waals surface area contributed by atoms with E-state index in [-0.39, 0.29) is 4.83 Å². The lowest BCUT2D eigenvalue weighted by Crippen LogP contribution is -2.21. The molecule has 0 amide bonds. The quantitative estimate of drug-likeness (QED) is 0.650. The summed E-state index contributed by atoms with van der Waals surface area (Å²) in [6, 6.07) is 12.8. The van der Waals surface area contributed by atoms with Gasteiger partial charge in [0.1, 0.15) is 13.2 Å². The largest absolute Gasteiger partial charge is 0.486 e. The van der Waals surface area contributed by atoms with Gasteiger partial charge in [0.15, 0.2) is 11.5 Å². The molecule has 2 unspecified atom stereocenters. The van der Waals surface area contributed by atoms with Crippen LogP contribution >= 0.6 is 31.9 Å². The lowest BCUT2D eigenvalue weighted by Gasteiger charge is -2.34. The summed E-state index contributed by atoms with van der Waals surface area (Å²) < 4.78 is 12.4. The van der Waals surface area contributed by atoms with Gasteiger partial charge in [-0.25, -0.2) is 0 Å². The number of ether oxygens (including phenoxy) is 2. The molecule has 2 atom stereocenters. The molecule has 4 heteroatoms. The summed E-state index contributed by atoms with van der Waals surface area (Å²) in [7, 11) is 0. The van der Waals surface area contributed by atoms with E-state index in [0.29, 0.717) is 19.1 Å². The van der Waals surface area contributed by atoms with Gasteiger partial charge in [-0.1, -0.05) is 56.1 Å². The van der Waals surface area contributed by atoms with Crippen molar-refractivity contribution in [2.24, 2.45) is 0 Å². The van der Waals surface area contributed by atoms with Crippen molar-refractivity contribution < 1.29 is 9.47 Å². The second-order valence-corrected chi connectivity index (χ2v) is 7.27. The highest BCUT2D eigenvalue weighted by molar-refractivity contribution is 9.11. The standard InChI is InChI=1S/C17H14Br2O2/c18-14-9-16-15(20-5-6-21-16)8-13(14)17(19)12-7-10-3-1-2-4-11(10)12/h1-4,8-9,12,17H,5-7H2. The van der Waals surface area contributed by atoms with Crippen molar-refractivity contribution in [3.63, 3.8) is 0 Å². The molecule has 1 heterocycles. The monoisotopic (exact) mass is 408 g/mol. The Morgan fingerprint density at radius 2 is 1.76 bits per heavy atom. The molecule has 0 fully saturated rings. The Balaban J connectivity index is 1.68. The van der Waals surface area contributed by atoms with Crippen LogP contribution in [0.3, 0.4) is 0 Å². The fraction of sp³-hybridized carbons (Fsp3) is 0.294. The van der Waals surface area contributed by atoms with Crippen molar-refractivity contribution in [3.05, 3.63) is 57.6 Å². The van der Waals surface area contributed by atoms with Gasteiger partial charge < -0.3 is 9.47 Å². The summed E-state index contributed by atoms with van der Waals surface area (Å²) in [5, 5.41) is 0. The van der Waals surface area contributed by atoms with E-state index >= 15 is 0 Å². The SMILES string of the molecule is Brc1cc2c(cc1C(Br)C1Cc3ccccc31)OCCO2. The minimum Gasteiger partial charge on any atom is -0.486 e. The molecule has 0 saturated heterocycles. The molecule has 2 aliphatic rings. The van der Waals surface area contributed by atoms with Crippen LogP contribution in [0.25, 0.3) is 0 Å². The Labute approximate surface area is 140 Å². The van der Waals surface area contributed by atoms with Crippen LogP contribution in [0.1, 0.15) is 27.4 Å². The van der Waals surface area contributed by atoms with Crippen LogP contribution in [0.15, 0.2) is 40.9 Å². The molecule has 2 aromatic carbocycles. The molecule has 2 aromatic rings. The molecule has 108 valence electrons. The van der Waals surface area contributed by atoms with Crippen molar-refractivity contribution in [1.82, 2.24) is 0 Å². The van der Waals surface area contributed by atoms with E-state index in [4.69, 9.17) is 9.47 Å². The summed E-state index contributed by atoms with van der Waals surface area (Å²) in [6.07, 6.45) is 1.12. The van der Waals surface area contributed by atoms with Crippen LogP contribution < -0.4 is 9.47 Å². The molecule has 0 aromatic heterocycles.